The molecule has 2 aromatic rings. The van der Waals surface area contributed by atoms with Gasteiger partial charge in [-0.1, -0.05) is 74.5 Å². The summed E-state index contributed by atoms with van der Waals surface area (Å²) in [7, 11) is 0. The molecule has 0 amide bonds. The fourth-order valence-corrected chi connectivity index (χ4v) is 3.30. The minimum absolute atomic E-state index is 0.379. The van der Waals surface area contributed by atoms with Crippen molar-refractivity contribution in [1.82, 2.24) is 5.01 Å². The molecule has 1 aliphatic heterocycles. The Morgan fingerprint density at radius 1 is 0.913 bits per heavy atom. The number of rotatable bonds is 5. The van der Waals surface area contributed by atoms with Gasteiger partial charge >= 0.3 is 0 Å². The molecule has 23 heavy (non-hydrogen) atoms. The number of hydrogen-bond donors (Lipinski definition) is 0. The molecule has 1 fully saturated rings. The van der Waals surface area contributed by atoms with E-state index in [0.717, 1.165) is 19.3 Å². The van der Waals surface area contributed by atoms with Crippen molar-refractivity contribution in [2.24, 2.45) is 11.0 Å². The van der Waals surface area contributed by atoms with Gasteiger partial charge in [0.25, 0.3) is 0 Å². The lowest BCUT2D eigenvalue weighted by molar-refractivity contribution is 0.205. The van der Waals surface area contributed by atoms with E-state index >= 15 is 0 Å². The number of hydrazone groups is 1. The molecule has 120 valence electrons. The molecule has 1 saturated heterocycles. The Hall–Kier alpha value is -2.09. The van der Waals surface area contributed by atoms with Crippen LogP contribution >= 0.6 is 0 Å². The monoisotopic (exact) mass is 306 g/mol. The fourth-order valence-electron chi connectivity index (χ4n) is 3.30. The summed E-state index contributed by atoms with van der Waals surface area (Å²) >= 11 is 0. The highest BCUT2D eigenvalue weighted by Crippen LogP contribution is 2.43. The SMILES string of the molecule is CC(C)C/C=N/N1[C@H](c2ccccc2)CC[C@H]1c1ccccc1. The molecule has 0 aliphatic carbocycles. The first-order chi connectivity index (χ1) is 11.3. The molecule has 3 rings (SSSR count). The smallest absolute Gasteiger partial charge is 0.0728 e. The van der Waals surface area contributed by atoms with Crippen LogP contribution in [-0.2, 0) is 0 Å². The molecule has 0 radical (unpaired) electrons. The highest BCUT2D eigenvalue weighted by Gasteiger charge is 2.34. The zero-order valence-corrected chi connectivity index (χ0v) is 14.1. The van der Waals surface area contributed by atoms with Gasteiger partial charge in [-0.3, -0.25) is 5.01 Å². The standard InChI is InChI=1S/C21H26N2/c1-17(2)15-16-22-23-20(18-9-5-3-6-10-18)13-14-21(23)19-11-7-4-8-12-19/h3-12,16-17,20-21H,13-15H2,1-2H3/b22-16+/t20-,21-/m0/s1. The molecule has 0 saturated carbocycles. The van der Waals surface area contributed by atoms with Gasteiger partial charge in [0, 0.05) is 6.21 Å². The largest absolute Gasteiger partial charge is 0.282 e. The van der Waals surface area contributed by atoms with Crippen molar-refractivity contribution in [2.45, 2.75) is 45.2 Å². The fraction of sp³-hybridized carbons (Fsp3) is 0.381. The van der Waals surface area contributed by atoms with Gasteiger partial charge in [0.1, 0.15) is 0 Å². The highest BCUT2D eigenvalue weighted by molar-refractivity contribution is 5.57. The molecule has 1 heterocycles. The first kappa shape index (κ1) is 15.8. The summed E-state index contributed by atoms with van der Waals surface area (Å²) in [5.74, 6) is 0.645. The third kappa shape index (κ3) is 3.82. The van der Waals surface area contributed by atoms with E-state index < -0.39 is 0 Å². The second kappa shape index (κ2) is 7.45. The Bertz CT molecular complexity index is 571. The predicted octanol–water partition coefficient (Wildman–Crippen LogP) is 5.60. The molecular weight excluding hydrogens is 280 g/mol. The Morgan fingerprint density at radius 2 is 1.39 bits per heavy atom. The molecule has 2 atom stereocenters. The first-order valence-electron chi connectivity index (χ1n) is 8.66. The van der Waals surface area contributed by atoms with Gasteiger partial charge in [0.2, 0.25) is 0 Å². The summed E-state index contributed by atoms with van der Waals surface area (Å²) in [4.78, 5) is 0. The van der Waals surface area contributed by atoms with Crippen molar-refractivity contribution in [2.75, 3.05) is 0 Å². The summed E-state index contributed by atoms with van der Waals surface area (Å²) in [6.45, 7) is 4.47. The van der Waals surface area contributed by atoms with Gasteiger partial charge in [-0.25, -0.2) is 0 Å². The predicted molar refractivity (Wildman–Crippen MR) is 97.4 cm³/mol. The van der Waals surface area contributed by atoms with E-state index in [-0.39, 0.29) is 0 Å². The van der Waals surface area contributed by atoms with Crippen LogP contribution in [0.3, 0.4) is 0 Å². The van der Waals surface area contributed by atoms with E-state index in [4.69, 9.17) is 5.10 Å². The minimum atomic E-state index is 0.379. The molecule has 0 N–H and O–H groups in total. The lowest BCUT2D eigenvalue weighted by atomic mass is 10.0. The van der Waals surface area contributed by atoms with Crippen LogP contribution in [0.1, 0.15) is 56.3 Å². The maximum atomic E-state index is 4.89. The summed E-state index contributed by atoms with van der Waals surface area (Å²) in [6, 6.07) is 22.3. The second-order valence-corrected chi connectivity index (χ2v) is 6.74. The summed E-state index contributed by atoms with van der Waals surface area (Å²) in [6.07, 6.45) is 5.44. The van der Waals surface area contributed by atoms with Gasteiger partial charge in [-0.05, 0) is 36.3 Å². The van der Waals surface area contributed by atoms with Crippen molar-refractivity contribution >= 4 is 6.21 Å². The lowest BCUT2D eigenvalue weighted by Gasteiger charge is -2.28. The van der Waals surface area contributed by atoms with Crippen molar-refractivity contribution in [3.63, 3.8) is 0 Å². The summed E-state index contributed by atoms with van der Waals surface area (Å²) < 4.78 is 0. The molecule has 2 aromatic carbocycles. The van der Waals surface area contributed by atoms with E-state index in [1.54, 1.807) is 0 Å². The molecule has 1 aliphatic rings. The van der Waals surface area contributed by atoms with E-state index in [2.05, 4.69) is 85.7 Å². The number of benzene rings is 2. The average Bonchev–Trinajstić information content (AvgIpc) is 3.00. The van der Waals surface area contributed by atoms with Crippen LogP contribution in [0.25, 0.3) is 0 Å². The minimum Gasteiger partial charge on any atom is -0.282 e. The highest BCUT2D eigenvalue weighted by atomic mass is 15.5. The van der Waals surface area contributed by atoms with Crippen molar-refractivity contribution < 1.29 is 0 Å². The Labute approximate surface area is 139 Å². The summed E-state index contributed by atoms with van der Waals surface area (Å²) in [5, 5.41) is 7.21. The van der Waals surface area contributed by atoms with Crippen molar-refractivity contribution in [1.29, 1.82) is 0 Å². The number of nitrogens with zero attached hydrogens (tertiary/aromatic N) is 2. The van der Waals surface area contributed by atoms with E-state index in [1.807, 2.05) is 0 Å². The molecule has 0 spiro atoms. The molecule has 2 heteroatoms. The van der Waals surface area contributed by atoms with E-state index in [9.17, 15) is 0 Å². The third-order valence-corrected chi connectivity index (χ3v) is 4.51. The normalized spacial score (nSPS) is 21.4. The van der Waals surface area contributed by atoms with Crippen molar-refractivity contribution in [3.8, 4) is 0 Å². The molecule has 0 aromatic heterocycles. The van der Waals surface area contributed by atoms with Crippen molar-refractivity contribution in [3.05, 3.63) is 71.8 Å². The van der Waals surface area contributed by atoms with Crippen LogP contribution in [0.5, 0.6) is 0 Å². The van der Waals surface area contributed by atoms with Crippen LogP contribution in [0, 0.1) is 5.92 Å². The Balaban J connectivity index is 1.87. The van der Waals surface area contributed by atoms with E-state index in [0.29, 0.717) is 18.0 Å². The molecule has 2 nitrogen and oxygen atoms in total. The second-order valence-electron chi connectivity index (χ2n) is 6.74. The maximum absolute atomic E-state index is 4.89. The zero-order valence-electron chi connectivity index (χ0n) is 14.1. The third-order valence-electron chi connectivity index (χ3n) is 4.51. The Kier molecular flexibility index (Phi) is 5.12. The quantitative estimate of drug-likeness (QED) is 0.657. The molecular formula is C21H26N2. The zero-order chi connectivity index (χ0) is 16.1. The van der Waals surface area contributed by atoms with Gasteiger partial charge in [0.15, 0.2) is 0 Å². The lowest BCUT2D eigenvalue weighted by Crippen LogP contribution is -2.21. The van der Waals surface area contributed by atoms with Gasteiger partial charge in [-0.15, -0.1) is 0 Å². The summed E-state index contributed by atoms with van der Waals surface area (Å²) in [5.41, 5.74) is 2.74. The topological polar surface area (TPSA) is 15.6 Å². The van der Waals surface area contributed by atoms with Gasteiger partial charge in [0.05, 0.1) is 12.1 Å². The van der Waals surface area contributed by atoms with Gasteiger partial charge in [-0.2, -0.15) is 5.10 Å². The van der Waals surface area contributed by atoms with Crippen LogP contribution in [0.4, 0.5) is 0 Å². The van der Waals surface area contributed by atoms with E-state index in [1.165, 1.54) is 11.1 Å². The number of hydrogen-bond acceptors (Lipinski definition) is 2. The van der Waals surface area contributed by atoms with Crippen LogP contribution in [-0.4, -0.2) is 11.2 Å². The maximum Gasteiger partial charge on any atom is 0.0728 e. The molecule has 0 unspecified atom stereocenters. The average molecular weight is 306 g/mol. The van der Waals surface area contributed by atoms with Crippen LogP contribution < -0.4 is 0 Å². The van der Waals surface area contributed by atoms with Crippen LogP contribution in [0.2, 0.25) is 0 Å². The first-order valence-corrected chi connectivity index (χ1v) is 8.66. The molecule has 0 bridgehead atoms. The Morgan fingerprint density at radius 3 is 1.83 bits per heavy atom. The van der Waals surface area contributed by atoms with Crippen LogP contribution in [0.15, 0.2) is 65.8 Å². The van der Waals surface area contributed by atoms with Gasteiger partial charge < -0.3 is 0 Å².